The summed E-state index contributed by atoms with van der Waals surface area (Å²) in [5, 5.41) is 2.16. The Morgan fingerprint density at radius 1 is 1.36 bits per heavy atom. The van der Waals surface area contributed by atoms with Crippen LogP contribution in [0, 0.1) is 5.92 Å². The standard InChI is InChI=1S/C12H19BrS/c1-10(2)12(13)8-4-3-6-11-7-5-9-14-11/h5,7,9-10,12H,3-4,6,8H2,1-2H3. The Morgan fingerprint density at radius 2 is 2.14 bits per heavy atom. The van der Waals surface area contributed by atoms with Gasteiger partial charge in [0.05, 0.1) is 0 Å². The topological polar surface area (TPSA) is 0 Å². The highest BCUT2D eigenvalue weighted by molar-refractivity contribution is 9.09. The van der Waals surface area contributed by atoms with Crippen molar-refractivity contribution in [2.24, 2.45) is 5.92 Å². The number of aryl methyl sites for hydroxylation is 1. The molecular formula is C12H19BrS. The van der Waals surface area contributed by atoms with Gasteiger partial charge in [-0.25, -0.2) is 0 Å². The SMILES string of the molecule is CC(C)C(Br)CCCCc1cccs1. The molecule has 2 heteroatoms. The molecule has 0 saturated carbocycles. The first kappa shape index (κ1) is 12.3. The lowest BCUT2D eigenvalue weighted by molar-refractivity contribution is 0.551. The number of hydrogen-bond donors (Lipinski definition) is 0. The van der Waals surface area contributed by atoms with Crippen LogP contribution in [0.1, 0.15) is 38.0 Å². The Balaban J connectivity index is 2.05. The van der Waals surface area contributed by atoms with Crippen LogP contribution in [0.15, 0.2) is 17.5 Å². The number of halogens is 1. The number of rotatable bonds is 6. The fraction of sp³-hybridized carbons (Fsp3) is 0.667. The second-order valence-electron chi connectivity index (χ2n) is 4.09. The molecule has 0 bridgehead atoms. The zero-order valence-electron chi connectivity index (χ0n) is 9.00. The minimum Gasteiger partial charge on any atom is -0.149 e. The molecule has 1 aromatic rings. The molecule has 0 aromatic carbocycles. The normalized spacial score (nSPS) is 13.4. The van der Waals surface area contributed by atoms with Crippen LogP contribution in [0.2, 0.25) is 0 Å². The fourth-order valence-electron chi connectivity index (χ4n) is 1.43. The molecule has 0 N–H and O–H groups in total. The van der Waals surface area contributed by atoms with Gasteiger partial charge < -0.3 is 0 Å². The van der Waals surface area contributed by atoms with Gasteiger partial charge in [-0.3, -0.25) is 0 Å². The van der Waals surface area contributed by atoms with Crippen LogP contribution in [-0.4, -0.2) is 4.83 Å². The average molecular weight is 275 g/mol. The molecule has 0 nitrogen and oxygen atoms in total. The van der Waals surface area contributed by atoms with Gasteiger partial charge in [-0.15, -0.1) is 11.3 Å². The third kappa shape index (κ3) is 4.61. The minimum atomic E-state index is 0.700. The Morgan fingerprint density at radius 3 is 2.71 bits per heavy atom. The lowest BCUT2D eigenvalue weighted by atomic mass is 10.0. The van der Waals surface area contributed by atoms with Crippen molar-refractivity contribution in [2.75, 3.05) is 0 Å². The van der Waals surface area contributed by atoms with Crippen LogP contribution < -0.4 is 0 Å². The smallest absolute Gasteiger partial charge is 0.0168 e. The highest BCUT2D eigenvalue weighted by atomic mass is 79.9. The molecule has 0 aliphatic rings. The number of hydrogen-bond acceptors (Lipinski definition) is 1. The van der Waals surface area contributed by atoms with Gasteiger partial charge in [0.1, 0.15) is 0 Å². The van der Waals surface area contributed by atoms with Crippen LogP contribution in [0.5, 0.6) is 0 Å². The molecule has 0 spiro atoms. The number of alkyl halides is 1. The predicted octanol–water partition coefficient (Wildman–Crippen LogP) is 4.88. The lowest BCUT2D eigenvalue weighted by Gasteiger charge is -2.12. The van der Waals surface area contributed by atoms with E-state index in [1.807, 2.05) is 11.3 Å². The van der Waals surface area contributed by atoms with Gasteiger partial charge in [-0.2, -0.15) is 0 Å². The molecule has 0 radical (unpaired) electrons. The van der Waals surface area contributed by atoms with E-state index in [1.165, 1.54) is 30.6 Å². The van der Waals surface area contributed by atoms with E-state index < -0.39 is 0 Å². The van der Waals surface area contributed by atoms with Crippen LogP contribution in [0.25, 0.3) is 0 Å². The highest BCUT2D eigenvalue weighted by Gasteiger charge is 2.07. The quantitative estimate of drug-likeness (QED) is 0.512. The summed E-state index contributed by atoms with van der Waals surface area (Å²) >= 11 is 5.60. The van der Waals surface area contributed by atoms with Gasteiger partial charge in [0.15, 0.2) is 0 Å². The summed E-state index contributed by atoms with van der Waals surface area (Å²) in [6.45, 7) is 4.55. The number of thiophene rings is 1. The molecule has 14 heavy (non-hydrogen) atoms. The summed E-state index contributed by atoms with van der Waals surface area (Å²) in [6, 6.07) is 4.38. The van der Waals surface area contributed by atoms with Crippen LogP contribution in [0.3, 0.4) is 0 Å². The van der Waals surface area contributed by atoms with E-state index in [0.717, 1.165) is 5.92 Å². The molecular weight excluding hydrogens is 256 g/mol. The lowest BCUT2D eigenvalue weighted by Crippen LogP contribution is -2.06. The maximum Gasteiger partial charge on any atom is 0.0168 e. The molecule has 1 aromatic heterocycles. The zero-order chi connectivity index (χ0) is 10.4. The van der Waals surface area contributed by atoms with Gasteiger partial charge in [-0.05, 0) is 36.6 Å². The molecule has 0 saturated heterocycles. The first-order chi connectivity index (χ1) is 6.70. The van der Waals surface area contributed by atoms with E-state index in [4.69, 9.17) is 0 Å². The number of unbranched alkanes of at least 4 members (excludes halogenated alkanes) is 1. The maximum absolute atomic E-state index is 3.72. The molecule has 0 aliphatic carbocycles. The van der Waals surface area contributed by atoms with Crippen LogP contribution in [-0.2, 0) is 6.42 Å². The largest absolute Gasteiger partial charge is 0.149 e. The monoisotopic (exact) mass is 274 g/mol. The minimum absolute atomic E-state index is 0.700. The summed E-state index contributed by atoms with van der Waals surface area (Å²) in [5.41, 5.74) is 0. The van der Waals surface area contributed by atoms with Crippen molar-refractivity contribution >= 4 is 27.3 Å². The van der Waals surface area contributed by atoms with E-state index in [2.05, 4.69) is 47.3 Å². The van der Waals surface area contributed by atoms with E-state index in [1.54, 1.807) is 0 Å². The maximum atomic E-state index is 3.72. The van der Waals surface area contributed by atoms with E-state index >= 15 is 0 Å². The van der Waals surface area contributed by atoms with Gasteiger partial charge in [0.25, 0.3) is 0 Å². The molecule has 1 atom stereocenters. The summed E-state index contributed by atoms with van der Waals surface area (Å²) in [7, 11) is 0. The third-order valence-corrected chi connectivity index (χ3v) is 4.91. The van der Waals surface area contributed by atoms with Crippen LogP contribution >= 0.6 is 27.3 Å². The van der Waals surface area contributed by atoms with Crippen molar-refractivity contribution < 1.29 is 0 Å². The Bertz CT molecular complexity index is 228. The van der Waals surface area contributed by atoms with E-state index in [-0.39, 0.29) is 0 Å². The molecule has 0 aliphatic heterocycles. The summed E-state index contributed by atoms with van der Waals surface area (Å²) < 4.78 is 0. The van der Waals surface area contributed by atoms with Crippen LogP contribution in [0.4, 0.5) is 0 Å². The van der Waals surface area contributed by atoms with Crippen molar-refractivity contribution in [2.45, 2.75) is 44.4 Å². The van der Waals surface area contributed by atoms with Crippen molar-refractivity contribution in [3.63, 3.8) is 0 Å². The highest BCUT2D eigenvalue weighted by Crippen LogP contribution is 2.20. The Hall–Kier alpha value is 0.180. The summed E-state index contributed by atoms with van der Waals surface area (Å²) in [5.74, 6) is 0.761. The van der Waals surface area contributed by atoms with Crippen molar-refractivity contribution in [3.8, 4) is 0 Å². The van der Waals surface area contributed by atoms with Gasteiger partial charge in [0.2, 0.25) is 0 Å². The van der Waals surface area contributed by atoms with E-state index in [9.17, 15) is 0 Å². The van der Waals surface area contributed by atoms with Gasteiger partial charge >= 0.3 is 0 Å². The van der Waals surface area contributed by atoms with E-state index in [0.29, 0.717) is 4.83 Å². The summed E-state index contributed by atoms with van der Waals surface area (Å²) in [4.78, 5) is 2.23. The zero-order valence-corrected chi connectivity index (χ0v) is 11.4. The van der Waals surface area contributed by atoms with Gasteiger partial charge in [0, 0.05) is 9.70 Å². The van der Waals surface area contributed by atoms with Crippen molar-refractivity contribution in [1.29, 1.82) is 0 Å². The second kappa shape index (κ2) is 6.62. The summed E-state index contributed by atoms with van der Waals surface area (Å²) in [6.07, 6.45) is 5.24. The molecule has 0 amide bonds. The Labute approximate surface area is 99.9 Å². The molecule has 1 heterocycles. The average Bonchev–Trinajstić information content (AvgIpc) is 2.64. The predicted molar refractivity (Wildman–Crippen MR) is 69.4 cm³/mol. The molecule has 80 valence electrons. The fourth-order valence-corrected chi connectivity index (χ4v) is 2.50. The molecule has 1 unspecified atom stereocenters. The van der Waals surface area contributed by atoms with Crippen molar-refractivity contribution in [3.05, 3.63) is 22.4 Å². The molecule has 0 fully saturated rings. The third-order valence-electron chi connectivity index (χ3n) is 2.46. The van der Waals surface area contributed by atoms with Gasteiger partial charge in [-0.1, -0.05) is 42.3 Å². The Kier molecular flexibility index (Phi) is 5.80. The van der Waals surface area contributed by atoms with Crippen molar-refractivity contribution in [1.82, 2.24) is 0 Å². The first-order valence-corrected chi connectivity index (χ1v) is 7.16. The first-order valence-electron chi connectivity index (χ1n) is 5.36. The second-order valence-corrected chi connectivity index (χ2v) is 6.29. The molecule has 1 rings (SSSR count).